The Hall–Kier alpha value is -4.68. The second kappa shape index (κ2) is 10.00. The fourth-order valence-corrected chi connectivity index (χ4v) is 3.39. The lowest BCUT2D eigenvalue weighted by Gasteiger charge is -2.13. The summed E-state index contributed by atoms with van der Waals surface area (Å²) >= 11 is 0. The molecule has 1 heterocycles. The van der Waals surface area contributed by atoms with E-state index in [9.17, 15) is 35.5 Å². The normalized spacial score (nSPS) is 12.2. The monoisotopic (exact) mass is 536 g/mol. The Balaban J connectivity index is 1.82. The maximum Gasteiger partial charge on any atom is 0.416 e. The summed E-state index contributed by atoms with van der Waals surface area (Å²) in [5, 5.41) is 17.2. The first-order valence-corrected chi connectivity index (χ1v) is 10.6. The first-order chi connectivity index (χ1) is 17.8. The second-order valence-corrected chi connectivity index (χ2v) is 7.90. The highest BCUT2D eigenvalue weighted by atomic mass is 19.4. The van der Waals surface area contributed by atoms with E-state index in [1.54, 1.807) is 0 Å². The third-order valence-corrected chi connectivity index (χ3v) is 5.22. The van der Waals surface area contributed by atoms with Crippen LogP contribution in [0.3, 0.4) is 0 Å². The first kappa shape index (κ1) is 26.4. The number of halogens is 7. The van der Waals surface area contributed by atoms with Crippen LogP contribution in [0.25, 0.3) is 16.9 Å². The maximum atomic E-state index is 13.4. The quantitative estimate of drug-likeness (QED) is 0.160. The second-order valence-electron chi connectivity index (χ2n) is 7.90. The van der Waals surface area contributed by atoms with Gasteiger partial charge in [-0.25, -0.2) is 13.9 Å². The molecule has 0 radical (unpaired) electrons. The molecule has 6 nitrogen and oxygen atoms in total. The van der Waals surface area contributed by atoms with E-state index in [0.29, 0.717) is 17.8 Å². The minimum atomic E-state index is -5.07. The van der Waals surface area contributed by atoms with E-state index in [0.717, 1.165) is 23.0 Å². The van der Waals surface area contributed by atoms with Crippen molar-refractivity contribution in [3.8, 4) is 16.9 Å². The minimum absolute atomic E-state index is 0.00890. The lowest BCUT2D eigenvalue weighted by atomic mass is 10.0. The van der Waals surface area contributed by atoms with Crippen LogP contribution in [0.15, 0.2) is 78.0 Å². The Labute approximate surface area is 209 Å². The van der Waals surface area contributed by atoms with Gasteiger partial charge in [-0.1, -0.05) is 0 Å². The molecule has 4 rings (SSSR count). The van der Waals surface area contributed by atoms with Gasteiger partial charge in [-0.3, -0.25) is 5.43 Å². The van der Waals surface area contributed by atoms with E-state index < -0.39 is 40.8 Å². The van der Waals surface area contributed by atoms with E-state index >= 15 is 0 Å². The van der Waals surface area contributed by atoms with Crippen LogP contribution < -0.4 is 5.43 Å². The molecule has 0 saturated heterocycles. The van der Waals surface area contributed by atoms with Gasteiger partial charge < -0.3 is 5.11 Å². The highest BCUT2D eigenvalue weighted by Crippen LogP contribution is 2.39. The first-order valence-electron chi connectivity index (χ1n) is 10.6. The molecule has 0 bridgehead atoms. The van der Waals surface area contributed by atoms with Gasteiger partial charge in [0.05, 0.1) is 34.3 Å². The Morgan fingerprint density at radius 1 is 0.895 bits per heavy atom. The Bertz CT molecular complexity index is 1460. The molecular weight excluding hydrogens is 521 g/mol. The zero-order valence-electron chi connectivity index (χ0n) is 18.8. The van der Waals surface area contributed by atoms with Crippen molar-refractivity contribution in [2.45, 2.75) is 12.4 Å². The van der Waals surface area contributed by atoms with Gasteiger partial charge in [0.1, 0.15) is 11.5 Å². The zero-order chi connectivity index (χ0) is 27.7. The number of nitrogens with zero attached hydrogens (tertiary/aromatic N) is 3. The number of carboxylic acid groups (broad SMARTS) is 1. The van der Waals surface area contributed by atoms with Crippen molar-refractivity contribution in [3.63, 3.8) is 0 Å². The summed E-state index contributed by atoms with van der Waals surface area (Å²) in [4.78, 5) is 11.1. The summed E-state index contributed by atoms with van der Waals surface area (Å²) in [6.07, 6.45) is -7.71. The molecule has 0 aliphatic carbocycles. The van der Waals surface area contributed by atoms with Gasteiger partial charge in [-0.15, -0.1) is 0 Å². The third-order valence-electron chi connectivity index (χ3n) is 5.22. The lowest BCUT2D eigenvalue weighted by molar-refractivity contribution is -0.143. The molecule has 4 aromatic rings. The standard InChI is InChI=1S/C25H15F7N4O2/c26-19-3-5-20(6-4-19)34-33-12-16-13-36(21-7-1-14(2-8-21)23(37)38)35-22(16)15-9-17(24(27,28)29)11-18(10-15)25(30,31)32/h1-13,34H,(H,37,38)/b33-12+. The Morgan fingerprint density at radius 2 is 1.47 bits per heavy atom. The zero-order valence-corrected chi connectivity index (χ0v) is 18.8. The molecule has 0 fully saturated rings. The highest BCUT2D eigenvalue weighted by Gasteiger charge is 2.37. The van der Waals surface area contributed by atoms with Crippen molar-refractivity contribution in [2.24, 2.45) is 5.10 Å². The fraction of sp³-hybridized carbons (Fsp3) is 0.0800. The number of aromatic nitrogens is 2. The molecule has 1 aromatic heterocycles. The number of carboxylic acids is 1. The average Bonchev–Trinajstić information content (AvgIpc) is 3.28. The average molecular weight is 536 g/mol. The topological polar surface area (TPSA) is 79.5 Å². The van der Waals surface area contributed by atoms with Crippen LogP contribution in [-0.4, -0.2) is 27.1 Å². The van der Waals surface area contributed by atoms with Gasteiger partial charge >= 0.3 is 18.3 Å². The molecular formula is C25H15F7N4O2. The van der Waals surface area contributed by atoms with Crippen LogP contribution >= 0.6 is 0 Å². The summed E-state index contributed by atoms with van der Waals surface area (Å²) in [5.74, 6) is -1.69. The van der Waals surface area contributed by atoms with Crippen molar-refractivity contribution in [2.75, 3.05) is 5.43 Å². The van der Waals surface area contributed by atoms with E-state index in [2.05, 4.69) is 15.6 Å². The fourth-order valence-electron chi connectivity index (χ4n) is 3.39. The molecule has 3 aromatic carbocycles. The summed E-state index contributed by atoms with van der Waals surface area (Å²) in [6.45, 7) is 0. The number of benzene rings is 3. The van der Waals surface area contributed by atoms with Crippen LogP contribution in [0.2, 0.25) is 0 Å². The molecule has 0 spiro atoms. The van der Waals surface area contributed by atoms with Crippen molar-refractivity contribution in [1.82, 2.24) is 9.78 Å². The minimum Gasteiger partial charge on any atom is -0.478 e. The van der Waals surface area contributed by atoms with E-state index in [1.807, 2.05) is 0 Å². The predicted octanol–water partition coefficient (Wildman–Crippen LogP) is 6.86. The largest absolute Gasteiger partial charge is 0.478 e. The van der Waals surface area contributed by atoms with Crippen molar-refractivity contribution in [3.05, 3.63) is 101 Å². The van der Waals surface area contributed by atoms with Crippen LogP contribution in [-0.2, 0) is 12.4 Å². The van der Waals surface area contributed by atoms with Crippen molar-refractivity contribution in [1.29, 1.82) is 0 Å². The summed E-state index contributed by atoms with van der Waals surface area (Å²) < 4.78 is 94.9. The number of hydrogen-bond donors (Lipinski definition) is 2. The number of hydrazone groups is 1. The van der Waals surface area contributed by atoms with E-state index in [-0.39, 0.29) is 28.6 Å². The van der Waals surface area contributed by atoms with Crippen LogP contribution in [0.5, 0.6) is 0 Å². The molecule has 0 saturated carbocycles. The molecule has 0 atom stereocenters. The molecule has 0 aliphatic heterocycles. The Kier molecular flexibility index (Phi) is 6.94. The molecule has 196 valence electrons. The third kappa shape index (κ3) is 5.99. The lowest BCUT2D eigenvalue weighted by Crippen LogP contribution is -2.11. The SMILES string of the molecule is O=C(O)c1ccc(-n2cc(/C=N/Nc3ccc(F)cc3)c(-c3cc(C(F)(F)F)cc(C(F)(F)F)c3)n2)cc1. The molecule has 38 heavy (non-hydrogen) atoms. The number of carbonyl (C=O) groups is 1. The van der Waals surface area contributed by atoms with Crippen molar-refractivity contribution < 1.29 is 40.6 Å². The summed E-state index contributed by atoms with van der Waals surface area (Å²) in [7, 11) is 0. The van der Waals surface area contributed by atoms with Crippen LogP contribution in [0.1, 0.15) is 27.0 Å². The van der Waals surface area contributed by atoms with E-state index in [4.69, 9.17) is 5.11 Å². The number of hydrogen-bond acceptors (Lipinski definition) is 4. The van der Waals surface area contributed by atoms with Crippen molar-refractivity contribution >= 4 is 17.9 Å². The molecule has 2 N–H and O–H groups in total. The molecule has 0 aliphatic rings. The number of alkyl halides is 6. The molecule has 0 unspecified atom stereocenters. The summed E-state index contributed by atoms with van der Waals surface area (Å²) in [6, 6.07) is 11.4. The maximum absolute atomic E-state index is 13.4. The van der Waals surface area contributed by atoms with Gasteiger partial charge in [0.2, 0.25) is 0 Å². The van der Waals surface area contributed by atoms with Gasteiger partial charge in [0.15, 0.2) is 0 Å². The highest BCUT2D eigenvalue weighted by molar-refractivity contribution is 5.90. The number of nitrogens with one attached hydrogen (secondary N) is 1. The van der Waals surface area contributed by atoms with Gasteiger partial charge in [0.25, 0.3) is 0 Å². The van der Waals surface area contributed by atoms with Crippen LogP contribution in [0.4, 0.5) is 36.4 Å². The number of anilines is 1. The molecule has 0 amide bonds. The Morgan fingerprint density at radius 3 is 2.00 bits per heavy atom. The van der Waals surface area contributed by atoms with Gasteiger partial charge in [-0.2, -0.15) is 36.5 Å². The predicted molar refractivity (Wildman–Crippen MR) is 124 cm³/mol. The van der Waals surface area contributed by atoms with E-state index in [1.165, 1.54) is 42.6 Å². The van der Waals surface area contributed by atoms with Gasteiger partial charge in [-0.05, 0) is 66.7 Å². The summed E-state index contributed by atoms with van der Waals surface area (Å²) in [5.41, 5.74) is -0.552. The number of rotatable bonds is 6. The van der Waals surface area contributed by atoms with Gasteiger partial charge in [0, 0.05) is 17.3 Å². The van der Waals surface area contributed by atoms with Crippen LogP contribution in [0, 0.1) is 5.82 Å². The number of aromatic carboxylic acids is 1. The smallest absolute Gasteiger partial charge is 0.416 e. The molecule has 13 heteroatoms.